The molecule has 0 saturated carbocycles. The minimum Gasteiger partial charge on any atom is -0.486 e. The minimum atomic E-state index is -0.595. The highest BCUT2D eigenvalue weighted by Crippen LogP contribution is 2.35. The molecule has 2 aliphatic rings. The fourth-order valence-corrected chi connectivity index (χ4v) is 4.89. The highest BCUT2D eigenvalue weighted by atomic mass is 19.1. The number of benzene rings is 2. The Bertz CT molecular complexity index is 1610. The zero-order valence-corrected chi connectivity index (χ0v) is 18.5. The number of halogens is 1. The van der Waals surface area contributed by atoms with E-state index in [1.54, 1.807) is 24.3 Å². The molecule has 0 saturated heterocycles. The second-order valence-electron chi connectivity index (χ2n) is 8.75. The number of pyridine rings is 1. The van der Waals surface area contributed by atoms with Crippen LogP contribution >= 0.6 is 0 Å². The third kappa shape index (κ3) is 3.69. The first-order chi connectivity index (χ1) is 17.0. The molecule has 0 spiro atoms. The van der Waals surface area contributed by atoms with Crippen LogP contribution in [0.3, 0.4) is 0 Å². The number of ether oxygens (including phenoxy) is 2. The topological polar surface area (TPSA) is 103 Å². The van der Waals surface area contributed by atoms with Crippen molar-refractivity contribution in [3.8, 4) is 11.5 Å². The van der Waals surface area contributed by atoms with Crippen molar-refractivity contribution < 1.29 is 18.7 Å². The smallest absolute Gasteiger partial charge is 0.330 e. The van der Waals surface area contributed by atoms with E-state index in [1.807, 2.05) is 6.07 Å². The van der Waals surface area contributed by atoms with Gasteiger partial charge >= 0.3 is 5.69 Å². The summed E-state index contributed by atoms with van der Waals surface area (Å²) in [6.07, 6.45) is 2.08. The molecule has 1 N–H and O–H groups in total. The molecule has 9 heteroatoms. The Kier molecular flexibility index (Phi) is 4.98. The number of nitrogens with one attached hydrogen (secondary N) is 1. The van der Waals surface area contributed by atoms with Crippen molar-refractivity contribution in [2.24, 2.45) is 0 Å². The zero-order valence-electron chi connectivity index (χ0n) is 18.5. The van der Waals surface area contributed by atoms with E-state index >= 15 is 0 Å². The van der Waals surface area contributed by atoms with Crippen LogP contribution in [0.25, 0.3) is 11.0 Å². The number of aromatic amines is 1. The van der Waals surface area contributed by atoms with Crippen LogP contribution in [0.5, 0.6) is 11.5 Å². The molecule has 1 aliphatic carbocycles. The van der Waals surface area contributed by atoms with E-state index < -0.39 is 11.2 Å². The van der Waals surface area contributed by atoms with Crippen LogP contribution < -0.4 is 20.7 Å². The molecular formula is C26H20FN3O5. The standard InChI is InChI=1S/C26H20FN3O5/c27-17-4-2-15(3-5-17)16-10-18-19(20(31)11-16)12-28-24-23(18)25(32)29-26(33)30(24)13-14-1-6-21-22(9-14)35-8-7-34-21/h1-6,9,12,16H,7-8,10-11,13H2,(H,29,32,33). The number of fused-ring (bicyclic) bond motifs is 4. The van der Waals surface area contributed by atoms with Crippen molar-refractivity contribution in [3.63, 3.8) is 0 Å². The first kappa shape index (κ1) is 21.3. The SMILES string of the molecule is O=C1CC(c2ccc(F)cc2)Cc2c1cnc1c2c(=O)[nH]c(=O)n1Cc1ccc2c(c1)OCCO2. The van der Waals surface area contributed by atoms with Gasteiger partial charge in [-0.25, -0.2) is 14.2 Å². The average molecular weight is 473 g/mol. The summed E-state index contributed by atoms with van der Waals surface area (Å²) in [5, 5.41) is 0.222. The van der Waals surface area contributed by atoms with E-state index in [-0.39, 0.29) is 41.5 Å². The lowest BCUT2D eigenvalue weighted by molar-refractivity contribution is 0.0964. The maximum atomic E-state index is 13.4. The molecule has 4 aromatic rings. The number of H-pyrrole nitrogens is 1. The predicted octanol–water partition coefficient (Wildman–Crippen LogP) is 2.96. The van der Waals surface area contributed by atoms with Crippen LogP contribution in [-0.2, 0) is 13.0 Å². The third-order valence-electron chi connectivity index (χ3n) is 6.59. The molecule has 1 aliphatic heterocycles. The van der Waals surface area contributed by atoms with E-state index in [9.17, 15) is 18.8 Å². The van der Waals surface area contributed by atoms with Gasteiger partial charge in [0.25, 0.3) is 5.56 Å². The molecule has 3 heterocycles. The summed E-state index contributed by atoms with van der Waals surface area (Å²) < 4.78 is 26.0. The first-order valence-electron chi connectivity index (χ1n) is 11.3. The van der Waals surface area contributed by atoms with Gasteiger partial charge in [-0.1, -0.05) is 18.2 Å². The number of nitrogens with zero attached hydrogens (tertiary/aromatic N) is 2. The van der Waals surface area contributed by atoms with E-state index in [1.165, 1.54) is 22.9 Å². The lowest BCUT2D eigenvalue weighted by Crippen LogP contribution is -2.33. The van der Waals surface area contributed by atoms with Crippen LogP contribution in [-0.4, -0.2) is 33.5 Å². The Labute approximate surface area is 198 Å². The van der Waals surface area contributed by atoms with Crippen molar-refractivity contribution in [1.29, 1.82) is 0 Å². The predicted molar refractivity (Wildman–Crippen MR) is 125 cm³/mol. The highest BCUT2D eigenvalue weighted by molar-refractivity contribution is 6.02. The van der Waals surface area contributed by atoms with Gasteiger partial charge in [0.15, 0.2) is 17.3 Å². The minimum absolute atomic E-state index is 0.140. The van der Waals surface area contributed by atoms with Crippen LogP contribution in [0.2, 0.25) is 0 Å². The number of carbonyl (C=O) groups excluding carboxylic acids is 1. The molecule has 6 rings (SSSR count). The summed E-state index contributed by atoms with van der Waals surface area (Å²) in [5.41, 5.74) is 1.55. The van der Waals surface area contributed by atoms with E-state index in [4.69, 9.17) is 9.47 Å². The summed E-state index contributed by atoms with van der Waals surface area (Å²) >= 11 is 0. The Morgan fingerprint density at radius 2 is 1.77 bits per heavy atom. The van der Waals surface area contributed by atoms with Gasteiger partial charge in [-0.05, 0) is 53.3 Å². The van der Waals surface area contributed by atoms with Gasteiger partial charge in [0.1, 0.15) is 24.7 Å². The van der Waals surface area contributed by atoms with E-state index in [2.05, 4.69) is 9.97 Å². The molecule has 0 amide bonds. The average Bonchev–Trinajstić information content (AvgIpc) is 2.86. The summed E-state index contributed by atoms with van der Waals surface area (Å²) in [4.78, 5) is 45.5. The second-order valence-corrected chi connectivity index (χ2v) is 8.75. The molecule has 2 aromatic carbocycles. The van der Waals surface area contributed by atoms with Crippen molar-refractivity contribution in [1.82, 2.24) is 14.5 Å². The van der Waals surface area contributed by atoms with Gasteiger partial charge in [0.05, 0.1) is 11.9 Å². The zero-order chi connectivity index (χ0) is 24.1. The van der Waals surface area contributed by atoms with Gasteiger partial charge in [-0.2, -0.15) is 0 Å². The van der Waals surface area contributed by atoms with Gasteiger partial charge in [-0.3, -0.25) is 19.1 Å². The maximum absolute atomic E-state index is 13.4. The van der Waals surface area contributed by atoms with Crippen molar-refractivity contribution >= 4 is 16.8 Å². The quantitative estimate of drug-likeness (QED) is 0.491. The molecule has 0 radical (unpaired) electrons. The largest absolute Gasteiger partial charge is 0.486 e. The van der Waals surface area contributed by atoms with Gasteiger partial charge in [-0.15, -0.1) is 0 Å². The molecule has 1 atom stereocenters. The molecule has 35 heavy (non-hydrogen) atoms. The Balaban J connectivity index is 1.46. The lowest BCUT2D eigenvalue weighted by Gasteiger charge is -2.25. The molecular weight excluding hydrogens is 453 g/mol. The van der Waals surface area contributed by atoms with Crippen molar-refractivity contribution in [3.05, 3.63) is 97.6 Å². The number of hydrogen-bond donors (Lipinski definition) is 1. The Morgan fingerprint density at radius 1 is 1.00 bits per heavy atom. The number of ketones is 1. The van der Waals surface area contributed by atoms with Gasteiger partial charge in [0, 0.05) is 18.2 Å². The second kappa shape index (κ2) is 8.19. The summed E-state index contributed by atoms with van der Waals surface area (Å²) in [7, 11) is 0. The Morgan fingerprint density at radius 3 is 2.57 bits per heavy atom. The summed E-state index contributed by atoms with van der Waals surface area (Å²) in [6, 6.07) is 11.4. The molecule has 8 nitrogen and oxygen atoms in total. The molecule has 176 valence electrons. The number of Topliss-reactive ketones (excluding diaryl/α,β-unsaturated/α-hetero) is 1. The monoisotopic (exact) mass is 473 g/mol. The summed E-state index contributed by atoms with van der Waals surface area (Å²) in [5.74, 6) is 0.521. The van der Waals surface area contributed by atoms with Crippen LogP contribution in [0.15, 0.2) is 58.3 Å². The van der Waals surface area contributed by atoms with Crippen LogP contribution in [0.4, 0.5) is 4.39 Å². The number of hydrogen-bond acceptors (Lipinski definition) is 6. The molecule has 0 fully saturated rings. The van der Waals surface area contributed by atoms with Crippen molar-refractivity contribution in [2.75, 3.05) is 13.2 Å². The van der Waals surface area contributed by atoms with Crippen LogP contribution in [0, 0.1) is 5.82 Å². The van der Waals surface area contributed by atoms with Crippen LogP contribution in [0.1, 0.15) is 39.4 Å². The normalized spacial score (nSPS) is 16.8. The maximum Gasteiger partial charge on any atom is 0.330 e. The fourth-order valence-electron chi connectivity index (χ4n) is 4.89. The number of rotatable bonds is 3. The first-order valence-corrected chi connectivity index (χ1v) is 11.3. The van der Waals surface area contributed by atoms with Gasteiger partial charge in [0.2, 0.25) is 0 Å². The summed E-state index contributed by atoms with van der Waals surface area (Å²) in [6.45, 7) is 1.06. The fraction of sp³-hybridized carbons (Fsp3) is 0.231. The van der Waals surface area contributed by atoms with Gasteiger partial charge < -0.3 is 9.47 Å². The molecule has 1 unspecified atom stereocenters. The third-order valence-corrected chi connectivity index (χ3v) is 6.59. The highest BCUT2D eigenvalue weighted by Gasteiger charge is 2.30. The van der Waals surface area contributed by atoms with E-state index in [0.29, 0.717) is 42.3 Å². The number of aromatic nitrogens is 3. The molecule has 2 aromatic heterocycles. The molecule has 0 bridgehead atoms. The van der Waals surface area contributed by atoms with E-state index in [0.717, 1.165) is 11.1 Å². The Hall–Kier alpha value is -4.27. The van der Waals surface area contributed by atoms with Crippen molar-refractivity contribution in [2.45, 2.75) is 25.3 Å². The number of carbonyl (C=O) groups is 1. The lowest BCUT2D eigenvalue weighted by atomic mass is 9.79.